The Balaban J connectivity index is 1.48. The zero-order chi connectivity index (χ0) is 26.5. The van der Waals surface area contributed by atoms with Gasteiger partial charge in [-0.2, -0.15) is 0 Å². The number of rotatable bonds is 10. The van der Waals surface area contributed by atoms with Crippen molar-refractivity contribution in [2.75, 3.05) is 40.3 Å². The molecule has 1 amide bonds. The Morgan fingerprint density at radius 3 is 2.44 bits per heavy atom. The van der Waals surface area contributed by atoms with Gasteiger partial charge in [-0.15, -0.1) is 0 Å². The first-order valence-electron chi connectivity index (χ1n) is 11.2. The minimum atomic E-state index is -3.66. The van der Waals surface area contributed by atoms with Crippen LogP contribution in [-0.4, -0.2) is 71.7 Å². The van der Waals surface area contributed by atoms with Crippen molar-refractivity contribution in [2.24, 2.45) is 5.92 Å². The number of carbonyl (C=O) groups is 1. The number of sulfonamides is 2. The first-order chi connectivity index (χ1) is 16.9. The molecule has 198 valence electrons. The smallest absolute Gasteiger partial charge is 0.242 e. The fourth-order valence-corrected chi connectivity index (χ4v) is 6.84. The zero-order valence-corrected chi connectivity index (χ0v) is 23.1. The fourth-order valence-electron chi connectivity index (χ4n) is 3.74. The molecule has 1 fully saturated rings. The van der Waals surface area contributed by atoms with E-state index in [1.54, 1.807) is 24.3 Å². The number of hydrogen-bond donors (Lipinski definition) is 1. The third-order valence-corrected chi connectivity index (χ3v) is 9.98. The summed E-state index contributed by atoms with van der Waals surface area (Å²) in [5.41, 5.74) is 0.456. The maximum absolute atomic E-state index is 12.9. The minimum Gasteiger partial charge on any atom is -0.492 e. The zero-order valence-electron chi connectivity index (χ0n) is 20.0. The molecule has 2 aromatic rings. The van der Waals surface area contributed by atoms with Crippen molar-refractivity contribution in [3.8, 4) is 5.75 Å². The highest BCUT2D eigenvalue weighted by Gasteiger charge is 2.32. The molecule has 1 atom stereocenters. The van der Waals surface area contributed by atoms with Gasteiger partial charge in [0.15, 0.2) is 0 Å². The van der Waals surface area contributed by atoms with Crippen LogP contribution in [0.3, 0.4) is 0 Å². The molecule has 1 saturated heterocycles. The predicted molar refractivity (Wildman–Crippen MR) is 139 cm³/mol. The molecular weight excluding hydrogens is 549 g/mol. The number of amides is 1. The lowest BCUT2D eigenvalue weighted by atomic mass is 9.99. The lowest BCUT2D eigenvalue weighted by molar-refractivity contribution is -0.126. The van der Waals surface area contributed by atoms with Gasteiger partial charge in [-0.3, -0.25) is 4.79 Å². The topological polar surface area (TPSA) is 113 Å². The van der Waals surface area contributed by atoms with Crippen LogP contribution in [0.2, 0.25) is 10.0 Å². The highest BCUT2D eigenvalue weighted by molar-refractivity contribution is 7.89. The Kier molecular flexibility index (Phi) is 9.64. The van der Waals surface area contributed by atoms with E-state index < -0.39 is 26.0 Å². The van der Waals surface area contributed by atoms with Crippen molar-refractivity contribution < 1.29 is 26.4 Å². The molecule has 1 unspecified atom stereocenters. The highest BCUT2D eigenvalue weighted by atomic mass is 35.5. The number of carbonyl (C=O) groups excluding carboxylic acids is 1. The van der Waals surface area contributed by atoms with Gasteiger partial charge in [0.1, 0.15) is 12.4 Å². The van der Waals surface area contributed by atoms with Gasteiger partial charge in [0.25, 0.3) is 0 Å². The minimum absolute atomic E-state index is 0.0992. The quantitative estimate of drug-likeness (QED) is 0.434. The van der Waals surface area contributed by atoms with Crippen molar-refractivity contribution in [3.63, 3.8) is 0 Å². The van der Waals surface area contributed by atoms with Crippen LogP contribution in [-0.2, 0) is 30.6 Å². The van der Waals surface area contributed by atoms with Crippen LogP contribution in [0.5, 0.6) is 5.75 Å². The third-order valence-electron chi connectivity index (χ3n) is 5.77. The summed E-state index contributed by atoms with van der Waals surface area (Å²) in [6, 6.07) is 10.7. The Hall–Kier alpha value is -1.89. The van der Waals surface area contributed by atoms with Crippen LogP contribution in [0.25, 0.3) is 0 Å². The second kappa shape index (κ2) is 12.1. The van der Waals surface area contributed by atoms with E-state index in [0.717, 1.165) is 4.31 Å². The summed E-state index contributed by atoms with van der Waals surface area (Å²) in [6.07, 6.45) is 1.16. The van der Waals surface area contributed by atoms with Gasteiger partial charge in [-0.25, -0.2) is 25.4 Å². The SMILES string of the molecule is CN(C)S(=O)(=O)c1ccc(OCCNC(=O)C2CCCN(S(=O)(=O)Cc3ccc(Cl)cc3Cl)C2)cc1. The normalized spacial score (nSPS) is 17.2. The highest BCUT2D eigenvalue weighted by Crippen LogP contribution is 2.26. The van der Waals surface area contributed by atoms with Crippen LogP contribution >= 0.6 is 23.2 Å². The molecular formula is C23H29Cl2N3O6S2. The summed E-state index contributed by atoms with van der Waals surface area (Å²) in [7, 11) is -4.27. The molecule has 0 spiro atoms. The summed E-state index contributed by atoms with van der Waals surface area (Å²) in [5, 5.41) is 3.50. The average molecular weight is 579 g/mol. The molecule has 9 nitrogen and oxygen atoms in total. The van der Waals surface area contributed by atoms with E-state index in [0.29, 0.717) is 35.7 Å². The van der Waals surface area contributed by atoms with E-state index in [-0.39, 0.29) is 41.3 Å². The number of nitrogens with one attached hydrogen (secondary N) is 1. The second-order valence-electron chi connectivity index (χ2n) is 8.59. The Bertz CT molecular complexity index is 1290. The molecule has 1 heterocycles. The largest absolute Gasteiger partial charge is 0.492 e. The van der Waals surface area contributed by atoms with Crippen LogP contribution in [0.4, 0.5) is 0 Å². The van der Waals surface area contributed by atoms with Gasteiger partial charge >= 0.3 is 0 Å². The molecule has 0 bridgehead atoms. The molecule has 0 saturated carbocycles. The predicted octanol–water partition coefficient (Wildman–Crippen LogP) is 2.98. The van der Waals surface area contributed by atoms with Crippen LogP contribution < -0.4 is 10.1 Å². The van der Waals surface area contributed by atoms with Crippen molar-refractivity contribution in [1.29, 1.82) is 0 Å². The fraction of sp³-hybridized carbons (Fsp3) is 0.435. The summed E-state index contributed by atoms with van der Waals surface area (Å²) >= 11 is 12.0. The van der Waals surface area contributed by atoms with Crippen molar-refractivity contribution in [1.82, 2.24) is 13.9 Å². The number of hydrogen-bond acceptors (Lipinski definition) is 6. The van der Waals surface area contributed by atoms with E-state index in [4.69, 9.17) is 27.9 Å². The van der Waals surface area contributed by atoms with Crippen LogP contribution in [0.15, 0.2) is 47.4 Å². The second-order valence-corrected chi connectivity index (χ2v) is 13.6. The van der Waals surface area contributed by atoms with Crippen molar-refractivity contribution in [3.05, 3.63) is 58.1 Å². The number of halogens is 2. The summed E-state index contributed by atoms with van der Waals surface area (Å²) in [6.45, 7) is 0.845. The van der Waals surface area contributed by atoms with Gasteiger partial charge in [-0.05, 0) is 54.8 Å². The molecule has 3 rings (SSSR count). The van der Waals surface area contributed by atoms with Crippen molar-refractivity contribution >= 4 is 49.2 Å². The standard InChI is InChI=1S/C23H29Cl2N3O6S2/c1-27(2)36(32,33)21-9-7-20(8-10-21)34-13-11-26-23(29)17-4-3-12-28(15-17)35(30,31)16-18-5-6-19(24)14-22(18)25/h5-10,14,17H,3-4,11-13,15-16H2,1-2H3,(H,26,29). The lowest BCUT2D eigenvalue weighted by Gasteiger charge is -2.31. The first kappa shape index (κ1) is 28.7. The number of nitrogens with zero attached hydrogens (tertiary/aromatic N) is 2. The van der Waals surface area contributed by atoms with Gasteiger partial charge in [0.05, 0.1) is 23.1 Å². The van der Waals surface area contributed by atoms with E-state index in [9.17, 15) is 21.6 Å². The molecule has 36 heavy (non-hydrogen) atoms. The van der Waals surface area contributed by atoms with Crippen molar-refractivity contribution in [2.45, 2.75) is 23.5 Å². The molecule has 0 radical (unpaired) electrons. The summed E-state index contributed by atoms with van der Waals surface area (Å²) < 4.78 is 58.2. The molecule has 0 aromatic heterocycles. The van der Waals surface area contributed by atoms with Gasteiger partial charge in [0.2, 0.25) is 26.0 Å². The molecule has 1 aliphatic heterocycles. The maximum atomic E-state index is 12.9. The van der Waals surface area contributed by atoms with Gasteiger partial charge < -0.3 is 10.1 Å². The van der Waals surface area contributed by atoms with Gasteiger partial charge in [-0.1, -0.05) is 29.3 Å². The van der Waals surface area contributed by atoms with Gasteiger partial charge in [0, 0.05) is 37.2 Å². The maximum Gasteiger partial charge on any atom is 0.242 e. The number of ether oxygens (including phenoxy) is 1. The molecule has 0 aliphatic carbocycles. The number of piperidine rings is 1. The van der Waals surface area contributed by atoms with E-state index in [2.05, 4.69) is 5.32 Å². The Morgan fingerprint density at radius 2 is 1.81 bits per heavy atom. The van der Waals surface area contributed by atoms with E-state index in [1.165, 1.54) is 36.6 Å². The molecule has 13 heteroatoms. The third kappa shape index (κ3) is 7.33. The van der Waals surface area contributed by atoms with Crippen LogP contribution in [0, 0.1) is 5.92 Å². The van der Waals surface area contributed by atoms with E-state index >= 15 is 0 Å². The number of benzene rings is 2. The monoisotopic (exact) mass is 577 g/mol. The summed E-state index contributed by atoms with van der Waals surface area (Å²) in [5.74, 6) is -0.502. The molecule has 2 aromatic carbocycles. The lowest BCUT2D eigenvalue weighted by Crippen LogP contribution is -2.46. The Labute approximate surface area is 222 Å². The molecule has 1 N–H and O–H groups in total. The average Bonchev–Trinajstić information content (AvgIpc) is 2.83. The Morgan fingerprint density at radius 1 is 1.11 bits per heavy atom. The van der Waals surface area contributed by atoms with E-state index in [1.807, 2.05) is 0 Å². The summed E-state index contributed by atoms with van der Waals surface area (Å²) in [4.78, 5) is 12.8. The first-order valence-corrected chi connectivity index (χ1v) is 15.1. The van der Waals surface area contributed by atoms with Crippen LogP contribution in [0.1, 0.15) is 18.4 Å². The molecule has 1 aliphatic rings.